The number of hydrogen-bond donors (Lipinski definition) is 1. The Morgan fingerprint density at radius 1 is 1.00 bits per heavy atom. The van der Waals surface area contributed by atoms with Crippen LogP contribution in [0.15, 0.2) is 52.9 Å². The van der Waals surface area contributed by atoms with Gasteiger partial charge in [0, 0.05) is 10.9 Å². The maximum absolute atomic E-state index is 5.78. The molecule has 0 fully saturated rings. The van der Waals surface area contributed by atoms with Crippen molar-refractivity contribution >= 4 is 39.0 Å². The van der Waals surface area contributed by atoms with Gasteiger partial charge in [0.2, 0.25) is 0 Å². The second-order valence-electron chi connectivity index (χ2n) is 4.67. The predicted octanol–water partition coefficient (Wildman–Crippen LogP) is 3.72. The summed E-state index contributed by atoms with van der Waals surface area (Å²) < 4.78 is 7.81. The van der Waals surface area contributed by atoms with Gasteiger partial charge >= 0.3 is 5.84 Å². The van der Waals surface area contributed by atoms with Crippen LogP contribution in [0.3, 0.4) is 0 Å². The van der Waals surface area contributed by atoms with Gasteiger partial charge in [0.25, 0.3) is 0 Å². The van der Waals surface area contributed by atoms with E-state index in [0.717, 1.165) is 33.2 Å². The number of nitrogens with one attached hydrogen (secondary N) is 1. The van der Waals surface area contributed by atoms with Crippen LogP contribution >= 0.6 is 0 Å². The SMILES string of the molecule is c1ccc2c(c1)[nH]c1c2nc2oc3ccccc3n21. The van der Waals surface area contributed by atoms with Crippen molar-refractivity contribution in [2.45, 2.75) is 0 Å². The molecule has 2 aromatic carbocycles. The van der Waals surface area contributed by atoms with Crippen LogP contribution in [0.5, 0.6) is 0 Å². The Morgan fingerprint density at radius 2 is 1.84 bits per heavy atom. The van der Waals surface area contributed by atoms with Crippen molar-refractivity contribution in [1.29, 1.82) is 0 Å². The third-order valence-corrected chi connectivity index (χ3v) is 3.59. The maximum atomic E-state index is 5.78. The largest absolute Gasteiger partial charge is 0.423 e. The summed E-state index contributed by atoms with van der Waals surface area (Å²) in [4.78, 5) is 8.03. The third-order valence-electron chi connectivity index (χ3n) is 3.59. The van der Waals surface area contributed by atoms with Crippen molar-refractivity contribution < 1.29 is 4.42 Å². The number of imidazole rings is 1. The Hall–Kier alpha value is -2.75. The van der Waals surface area contributed by atoms with E-state index in [-0.39, 0.29) is 0 Å². The second kappa shape index (κ2) is 2.98. The highest BCUT2D eigenvalue weighted by molar-refractivity contribution is 6.06. The number of hydrogen-bond acceptors (Lipinski definition) is 2. The fourth-order valence-electron chi connectivity index (χ4n) is 2.75. The van der Waals surface area contributed by atoms with Gasteiger partial charge in [-0.1, -0.05) is 30.3 Å². The number of fused-ring (bicyclic) bond motifs is 7. The normalized spacial score (nSPS) is 12.2. The van der Waals surface area contributed by atoms with Crippen molar-refractivity contribution in [2.24, 2.45) is 0 Å². The van der Waals surface area contributed by atoms with Crippen molar-refractivity contribution in [3.05, 3.63) is 48.5 Å². The summed E-state index contributed by atoms with van der Waals surface area (Å²) in [6.45, 7) is 0. The van der Waals surface area contributed by atoms with Crippen molar-refractivity contribution in [3.8, 4) is 0 Å². The first-order valence-electron chi connectivity index (χ1n) is 6.18. The molecule has 0 aliphatic heterocycles. The van der Waals surface area contributed by atoms with Crippen LogP contribution in [0.4, 0.5) is 0 Å². The number of nitrogens with zero attached hydrogens (tertiary/aromatic N) is 2. The molecule has 3 aromatic heterocycles. The second-order valence-corrected chi connectivity index (χ2v) is 4.67. The summed E-state index contributed by atoms with van der Waals surface area (Å²) in [6.07, 6.45) is 0. The van der Waals surface area contributed by atoms with Crippen LogP contribution in [0, 0.1) is 0 Å². The van der Waals surface area contributed by atoms with Crippen LogP contribution in [0.1, 0.15) is 0 Å². The number of benzene rings is 2. The van der Waals surface area contributed by atoms with Crippen molar-refractivity contribution in [3.63, 3.8) is 0 Å². The average molecular weight is 247 g/mol. The minimum absolute atomic E-state index is 0.633. The van der Waals surface area contributed by atoms with Crippen LogP contribution in [0.25, 0.3) is 39.0 Å². The molecule has 1 N–H and O–H groups in total. The molecule has 0 aliphatic rings. The quantitative estimate of drug-likeness (QED) is 0.453. The van der Waals surface area contributed by atoms with Gasteiger partial charge in [0.15, 0.2) is 5.58 Å². The molecule has 19 heavy (non-hydrogen) atoms. The zero-order valence-corrected chi connectivity index (χ0v) is 9.92. The molecule has 4 heteroatoms. The molecule has 0 saturated carbocycles. The molecule has 0 unspecified atom stereocenters. The van der Waals surface area contributed by atoms with E-state index in [1.54, 1.807) is 0 Å². The van der Waals surface area contributed by atoms with Gasteiger partial charge in [-0.05, 0) is 18.2 Å². The number of aromatic nitrogens is 3. The third kappa shape index (κ3) is 1.02. The van der Waals surface area contributed by atoms with Gasteiger partial charge in [0.05, 0.1) is 5.52 Å². The number of para-hydroxylation sites is 3. The maximum Gasteiger partial charge on any atom is 0.309 e. The molecule has 90 valence electrons. The highest BCUT2D eigenvalue weighted by Gasteiger charge is 2.16. The molecular weight excluding hydrogens is 238 g/mol. The van der Waals surface area contributed by atoms with E-state index in [1.165, 1.54) is 0 Å². The van der Waals surface area contributed by atoms with Crippen LogP contribution < -0.4 is 0 Å². The summed E-state index contributed by atoms with van der Waals surface area (Å²) in [5.74, 6) is 0.633. The fourth-order valence-corrected chi connectivity index (χ4v) is 2.75. The Morgan fingerprint density at radius 3 is 2.84 bits per heavy atom. The molecule has 0 atom stereocenters. The van der Waals surface area contributed by atoms with E-state index >= 15 is 0 Å². The van der Waals surface area contributed by atoms with Gasteiger partial charge in [-0.25, -0.2) is 4.40 Å². The average Bonchev–Trinajstić information content (AvgIpc) is 3.05. The van der Waals surface area contributed by atoms with Crippen molar-refractivity contribution in [2.75, 3.05) is 0 Å². The zero-order valence-electron chi connectivity index (χ0n) is 9.92. The van der Waals surface area contributed by atoms with Gasteiger partial charge in [-0.15, -0.1) is 0 Å². The van der Waals surface area contributed by atoms with Gasteiger partial charge in [0.1, 0.15) is 11.2 Å². The summed E-state index contributed by atoms with van der Waals surface area (Å²) in [6, 6.07) is 16.1. The first-order valence-corrected chi connectivity index (χ1v) is 6.18. The number of oxazole rings is 1. The van der Waals surface area contributed by atoms with Crippen molar-refractivity contribution in [1.82, 2.24) is 14.4 Å². The molecule has 0 spiro atoms. The van der Waals surface area contributed by atoms with E-state index in [2.05, 4.69) is 22.1 Å². The number of H-pyrrole nitrogens is 1. The predicted molar refractivity (Wildman–Crippen MR) is 74.3 cm³/mol. The van der Waals surface area contributed by atoms with E-state index in [9.17, 15) is 0 Å². The molecule has 0 radical (unpaired) electrons. The summed E-state index contributed by atoms with van der Waals surface area (Å²) in [5, 5.41) is 1.13. The summed E-state index contributed by atoms with van der Waals surface area (Å²) >= 11 is 0. The first kappa shape index (κ1) is 9.22. The lowest BCUT2D eigenvalue weighted by atomic mass is 10.2. The first-order chi connectivity index (χ1) is 9.42. The molecule has 5 aromatic rings. The lowest BCUT2D eigenvalue weighted by Gasteiger charge is -1.88. The highest BCUT2D eigenvalue weighted by atomic mass is 16.4. The molecule has 0 aliphatic carbocycles. The summed E-state index contributed by atoms with van der Waals surface area (Å²) in [7, 11) is 0. The Bertz CT molecular complexity index is 1060. The topological polar surface area (TPSA) is 46.2 Å². The Kier molecular flexibility index (Phi) is 1.44. The molecule has 5 rings (SSSR count). The Labute approximate surface area is 107 Å². The fraction of sp³-hybridized carbons (Fsp3) is 0. The Balaban J connectivity index is 2.12. The molecule has 4 nitrogen and oxygen atoms in total. The van der Waals surface area contributed by atoms with Crippen LogP contribution in [0.2, 0.25) is 0 Å². The standard InChI is InChI=1S/C15H9N3O/c1-2-6-10-9(5-1)13-14(16-10)18-11-7-3-4-8-12(11)19-15(18)17-13/h1-8,16H. The highest BCUT2D eigenvalue weighted by Crippen LogP contribution is 2.29. The lowest BCUT2D eigenvalue weighted by Crippen LogP contribution is -1.80. The molecule has 3 heterocycles. The van der Waals surface area contributed by atoms with Crippen LogP contribution in [-0.2, 0) is 0 Å². The van der Waals surface area contributed by atoms with Crippen LogP contribution in [-0.4, -0.2) is 14.4 Å². The smallest absolute Gasteiger partial charge is 0.309 e. The monoisotopic (exact) mass is 247 g/mol. The van der Waals surface area contributed by atoms with Gasteiger partial charge < -0.3 is 9.40 Å². The van der Waals surface area contributed by atoms with E-state index < -0.39 is 0 Å². The summed E-state index contributed by atoms with van der Waals surface area (Å²) in [5.41, 5.74) is 4.93. The minimum atomic E-state index is 0.633. The zero-order chi connectivity index (χ0) is 12.4. The number of rotatable bonds is 0. The number of aromatic amines is 1. The minimum Gasteiger partial charge on any atom is -0.423 e. The molecule has 0 saturated heterocycles. The molecule has 0 bridgehead atoms. The van der Waals surface area contributed by atoms with E-state index in [1.807, 2.05) is 40.8 Å². The van der Waals surface area contributed by atoms with E-state index in [4.69, 9.17) is 4.42 Å². The molecular formula is C15H9N3O. The lowest BCUT2D eigenvalue weighted by molar-refractivity contribution is 0.643. The molecule has 0 amide bonds. The van der Waals surface area contributed by atoms with Gasteiger partial charge in [-0.2, -0.15) is 4.98 Å². The van der Waals surface area contributed by atoms with Gasteiger partial charge in [-0.3, -0.25) is 0 Å². The van der Waals surface area contributed by atoms with E-state index in [0.29, 0.717) is 5.84 Å².